The number of hydrazine groups is 1. The third-order valence-corrected chi connectivity index (χ3v) is 13.0. The highest BCUT2D eigenvalue weighted by Gasteiger charge is 2.57. The number of carbonyl (C=O) groups excluding carboxylic acids is 4. The van der Waals surface area contributed by atoms with E-state index in [4.69, 9.17) is 0 Å². The fourth-order valence-electron chi connectivity index (χ4n) is 8.29. The Morgan fingerprint density at radius 2 is 1.30 bits per heavy atom. The number of halogens is 10. The number of alkyl carbamates (subject to hydrolysis) is 2. The number of amides is 4. The van der Waals surface area contributed by atoms with E-state index in [1.807, 2.05) is 10.7 Å². The Hall–Kier alpha value is -7.41. The zero-order valence-corrected chi connectivity index (χ0v) is 41.4. The third kappa shape index (κ3) is 13.5. The van der Waals surface area contributed by atoms with Crippen molar-refractivity contribution in [2.45, 2.75) is 102 Å². The van der Waals surface area contributed by atoms with Gasteiger partial charge in [-0.1, -0.05) is 24.0 Å². The normalized spacial score (nSPS) is 17.4. The smallest absolute Gasteiger partial charge is 0.407 e. The van der Waals surface area contributed by atoms with Gasteiger partial charge in [-0.15, -0.1) is 0 Å². The second kappa shape index (κ2) is 23.2. The molecule has 2 aliphatic rings. The van der Waals surface area contributed by atoms with E-state index in [9.17, 15) is 59.4 Å². The molecule has 6 atom stereocenters. The second-order valence-corrected chi connectivity index (χ2v) is 19.1. The number of rotatable bonds is 17. The Bertz CT molecular complexity index is 2750. The molecule has 6 rings (SSSR count). The average Bonchev–Trinajstić information content (AvgIpc) is 3.99. The van der Waals surface area contributed by atoms with E-state index in [0.717, 1.165) is 52.4 Å². The molecule has 2 fully saturated rings. The number of nitrogens with zero attached hydrogens (tertiary/aromatic N) is 6. The quantitative estimate of drug-likeness (QED) is 0.0413. The summed E-state index contributed by atoms with van der Waals surface area (Å²) in [5.41, 5.74) is -5.48. The molecule has 0 spiro atoms. The lowest BCUT2D eigenvalue weighted by atomic mass is 9.82. The molecule has 3 unspecified atom stereocenters. The van der Waals surface area contributed by atoms with Gasteiger partial charge >= 0.3 is 31.1 Å². The first-order valence-electron chi connectivity index (χ1n) is 23.2. The summed E-state index contributed by atoms with van der Waals surface area (Å²) in [5.74, 6) is -0.294. The zero-order chi connectivity index (χ0) is 56.1. The van der Waals surface area contributed by atoms with Crippen molar-refractivity contribution >= 4 is 35.6 Å². The minimum absolute atomic E-state index is 0.154. The predicted molar refractivity (Wildman–Crippen MR) is 251 cm³/mol. The number of nitrogens with one attached hydrogen (secondary N) is 5. The molecule has 0 aliphatic carbocycles. The van der Waals surface area contributed by atoms with Crippen molar-refractivity contribution in [1.82, 2.24) is 46.4 Å². The van der Waals surface area contributed by atoms with Gasteiger partial charge in [0.15, 0.2) is 11.6 Å². The van der Waals surface area contributed by atoms with Gasteiger partial charge in [-0.3, -0.25) is 20.0 Å². The molecule has 76 heavy (non-hydrogen) atoms. The highest BCUT2D eigenvalue weighted by molar-refractivity contribution is 5.88. The highest BCUT2D eigenvalue weighted by atomic mass is 19.4. The zero-order valence-electron chi connectivity index (χ0n) is 41.4. The molecule has 412 valence electrons. The Kier molecular flexibility index (Phi) is 17.7. The number of aliphatic hydroxyl groups excluding tert-OH is 1. The summed E-state index contributed by atoms with van der Waals surface area (Å²) in [6.45, 7) is -0.848. The van der Waals surface area contributed by atoms with Crippen LogP contribution in [-0.2, 0) is 25.5 Å². The Morgan fingerprint density at radius 3 is 1.79 bits per heavy atom. The Balaban J connectivity index is 1.37. The van der Waals surface area contributed by atoms with Crippen LogP contribution in [0.2, 0.25) is 0 Å². The van der Waals surface area contributed by atoms with Crippen molar-refractivity contribution in [3.8, 4) is 23.1 Å². The van der Waals surface area contributed by atoms with Crippen LogP contribution in [0.5, 0.6) is 0 Å². The lowest BCUT2D eigenvalue weighted by Gasteiger charge is -2.38. The lowest BCUT2D eigenvalue weighted by molar-refractivity contribution is -0.221. The molecule has 2 aromatic carbocycles. The number of piperazine rings is 1. The molecule has 0 saturated carbocycles. The molecule has 2 aromatic heterocycles. The number of aromatic nitrogens is 4. The molecule has 4 aromatic rings. The first-order valence-corrected chi connectivity index (χ1v) is 23.2. The van der Waals surface area contributed by atoms with Gasteiger partial charge in [0.05, 0.1) is 55.0 Å². The number of ether oxygens (including phenoxy) is 2. The average molecular weight is 1090 g/mol. The number of benzene rings is 2. The van der Waals surface area contributed by atoms with Gasteiger partial charge in [0.25, 0.3) is 5.91 Å². The molecule has 4 heterocycles. The van der Waals surface area contributed by atoms with Crippen molar-refractivity contribution in [3.63, 3.8) is 0 Å². The first-order chi connectivity index (χ1) is 35.5. The van der Waals surface area contributed by atoms with E-state index in [-0.39, 0.29) is 15.3 Å². The molecule has 4 amide bonds. The summed E-state index contributed by atoms with van der Waals surface area (Å²) < 4.78 is 156. The van der Waals surface area contributed by atoms with Gasteiger partial charge in [-0.25, -0.2) is 33.0 Å². The minimum Gasteiger partial charge on any atom is -0.453 e. The lowest BCUT2D eigenvalue weighted by Crippen LogP contribution is -2.64. The van der Waals surface area contributed by atoms with Crippen LogP contribution in [0.1, 0.15) is 63.8 Å². The number of hydrogen-bond acceptors (Lipinski definition) is 13. The number of carbonyl (C=O) groups is 4. The second-order valence-electron chi connectivity index (χ2n) is 19.1. The van der Waals surface area contributed by atoms with E-state index in [0.29, 0.717) is 69.0 Å². The van der Waals surface area contributed by atoms with E-state index in [1.165, 1.54) is 24.3 Å². The summed E-state index contributed by atoms with van der Waals surface area (Å²) in [4.78, 5) is 63.8. The van der Waals surface area contributed by atoms with Gasteiger partial charge < -0.3 is 40.7 Å². The molecule has 2 saturated heterocycles. The monoisotopic (exact) mass is 1090 g/mol. The molecular formula is C48H53F10N11O7. The van der Waals surface area contributed by atoms with Gasteiger partial charge in [0, 0.05) is 54.9 Å². The molecule has 28 heteroatoms. The number of fused-ring (bicyclic) bond motifs is 2. The van der Waals surface area contributed by atoms with Gasteiger partial charge in [-0.05, 0) is 82.9 Å². The Labute approximate surface area is 428 Å². The van der Waals surface area contributed by atoms with Crippen LogP contribution in [0.3, 0.4) is 0 Å². The van der Waals surface area contributed by atoms with Gasteiger partial charge in [0.2, 0.25) is 11.9 Å². The maximum absolute atomic E-state index is 16.4. The summed E-state index contributed by atoms with van der Waals surface area (Å²) in [6, 6.07) is 1.58. The van der Waals surface area contributed by atoms with Crippen molar-refractivity contribution in [3.05, 3.63) is 89.4 Å². The van der Waals surface area contributed by atoms with Crippen LogP contribution >= 0.6 is 0 Å². The maximum atomic E-state index is 16.4. The van der Waals surface area contributed by atoms with Crippen LogP contribution in [0.15, 0.2) is 61.1 Å². The molecular weight excluding hydrogens is 1030 g/mol. The van der Waals surface area contributed by atoms with Crippen molar-refractivity contribution in [2.75, 3.05) is 43.8 Å². The molecule has 2 aliphatic heterocycles. The van der Waals surface area contributed by atoms with Crippen molar-refractivity contribution < 1.29 is 77.7 Å². The summed E-state index contributed by atoms with van der Waals surface area (Å²) in [5, 5.41) is 25.0. The van der Waals surface area contributed by atoms with Crippen LogP contribution in [0.25, 0.3) is 11.3 Å². The van der Waals surface area contributed by atoms with Crippen LogP contribution in [0.4, 0.5) is 65.1 Å². The van der Waals surface area contributed by atoms with Gasteiger partial charge in [-0.2, -0.15) is 40.2 Å². The fourth-order valence-corrected chi connectivity index (χ4v) is 8.29. The molecule has 18 nitrogen and oxygen atoms in total. The summed E-state index contributed by atoms with van der Waals surface area (Å²) >= 11 is 0. The minimum atomic E-state index is -5.28. The SMILES string of the molecule is COC(=O)NC(C(=O)N[C@@H](Cc1ccc(C#Cc2cnc(N3CC4CCC(C3)N4)nc2)cc1)[C@@H](O)CN(NC(=O)[C@@H](NC(=O)OC)C(C)(C)C(F)(F)F)c1c(F)cc(-c2ccn(C(F)F)n2)cc1F)C(C)(C)C(F)(F)F. The number of hydrogen-bond donors (Lipinski definition) is 6. The largest absolute Gasteiger partial charge is 0.453 e. The van der Waals surface area contributed by atoms with Crippen LogP contribution in [0, 0.1) is 34.3 Å². The van der Waals surface area contributed by atoms with Gasteiger partial charge in [0.1, 0.15) is 17.8 Å². The number of anilines is 2. The van der Waals surface area contributed by atoms with Crippen molar-refractivity contribution in [1.29, 1.82) is 0 Å². The number of aliphatic hydroxyl groups is 1. The van der Waals surface area contributed by atoms with E-state index >= 15 is 8.78 Å². The summed E-state index contributed by atoms with van der Waals surface area (Å²) in [7, 11) is 1.56. The highest BCUT2D eigenvalue weighted by Crippen LogP contribution is 2.42. The number of alkyl halides is 8. The maximum Gasteiger partial charge on any atom is 0.407 e. The predicted octanol–water partition coefficient (Wildman–Crippen LogP) is 5.91. The number of methoxy groups -OCH3 is 2. The van der Waals surface area contributed by atoms with Crippen LogP contribution < -0.4 is 36.6 Å². The fraction of sp³-hybridized carbons (Fsp3) is 0.479. The molecule has 2 bridgehead atoms. The Morgan fingerprint density at radius 1 is 0.789 bits per heavy atom. The van der Waals surface area contributed by atoms with E-state index < -0.39 is 120 Å². The molecule has 6 N–H and O–H groups in total. The summed E-state index contributed by atoms with van der Waals surface area (Å²) in [6.07, 6.45) is -10.3. The van der Waals surface area contributed by atoms with E-state index in [1.54, 1.807) is 17.7 Å². The van der Waals surface area contributed by atoms with E-state index in [2.05, 4.69) is 51.9 Å². The third-order valence-electron chi connectivity index (χ3n) is 13.0. The standard InChI is InChI=1S/C48H53F10N11O7/c1-45(2,47(53,54)55)37(63-43(73)75-5)39(71)62-34(17-26-10-7-25(8-11-26)9-12-27-20-59-42(60-21-27)67-22-29-13-14-30(23-67)61-29)35(70)24-69(66-40(72)38(64-44(74)76-6)46(3,4)48(56,57)58)36-31(49)18-28(19-32(36)50)33-15-16-68(65-33)41(51)52/h7-8,10-11,15-16,18-21,29-30,34-35,37-38,41,61,70H,13-14,17,22-24H2,1-6H3,(H,62,71)(H,63,73)(H,64,74)(H,66,72)/t29?,30?,34-,35-,37?,38+/m0/s1. The van der Waals surface area contributed by atoms with Crippen LogP contribution in [-0.4, -0.2) is 131 Å². The molecule has 0 radical (unpaired) electrons. The van der Waals surface area contributed by atoms with Crippen molar-refractivity contribution in [2.24, 2.45) is 10.8 Å². The topological polar surface area (TPSA) is 217 Å². The first kappa shape index (κ1) is 57.9.